The van der Waals surface area contributed by atoms with Crippen molar-refractivity contribution >= 4 is 23.5 Å². The monoisotopic (exact) mass is 316 g/mol. The van der Waals surface area contributed by atoms with Gasteiger partial charge in [0.25, 0.3) is 5.56 Å². The first-order valence-electron chi connectivity index (χ1n) is 6.99. The smallest absolute Gasteiger partial charge is 0.257 e. The summed E-state index contributed by atoms with van der Waals surface area (Å²) in [5.74, 6) is 1.07. The number of rotatable bonds is 3. The van der Waals surface area contributed by atoms with Gasteiger partial charge in [0.1, 0.15) is 5.82 Å². The first kappa shape index (κ1) is 14.8. The predicted molar refractivity (Wildman–Crippen MR) is 85.2 cm³/mol. The molecule has 0 aromatic carbocycles. The number of fused-ring (bicyclic) bond motifs is 1. The number of nitrogens with one attached hydrogen (secondary N) is 1. The Morgan fingerprint density at radius 3 is 3.05 bits per heavy atom. The minimum absolute atomic E-state index is 0.0681. The second kappa shape index (κ2) is 5.92. The van der Waals surface area contributed by atoms with Crippen molar-refractivity contribution in [2.24, 2.45) is 0 Å². The van der Waals surface area contributed by atoms with Crippen molar-refractivity contribution in [2.75, 3.05) is 11.1 Å². The Bertz CT molecular complexity index is 787. The second-order valence-corrected chi connectivity index (χ2v) is 6.27. The third-order valence-corrected chi connectivity index (χ3v) is 4.59. The van der Waals surface area contributed by atoms with E-state index >= 15 is 0 Å². The summed E-state index contributed by atoms with van der Waals surface area (Å²) < 4.78 is 1.63. The van der Waals surface area contributed by atoms with E-state index in [0.29, 0.717) is 22.3 Å². The van der Waals surface area contributed by atoms with Crippen molar-refractivity contribution < 1.29 is 4.79 Å². The zero-order valence-electron chi connectivity index (χ0n) is 12.4. The maximum Gasteiger partial charge on any atom is 0.257 e. The van der Waals surface area contributed by atoms with Crippen molar-refractivity contribution in [3.05, 3.63) is 46.0 Å². The number of pyridine rings is 1. The summed E-state index contributed by atoms with van der Waals surface area (Å²) in [4.78, 5) is 32.9. The Labute approximate surface area is 132 Å². The van der Waals surface area contributed by atoms with Crippen LogP contribution in [0.2, 0.25) is 0 Å². The average molecular weight is 316 g/mol. The summed E-state index contributed by atoms with van der Waals surface area (Å²) >= 11 is 1.51. The molecule has 1 atom stereocenters. The lowest BCUT2D eigenvalue weighted by atomic mass is 10.2. The van der Waals surface area contributed by atoms with Crippen molar-refractivity contribution in [3.8, 4) is 0 Å². The zero-order valence-corrected chi connectivity index (χ0v) is 13.2. The Morgan fingerprint density at radius 2 is 2.27 bits per heavy atom. The van der Waals surface area contributed by atoms with Crippen LogP contribution in [0.25, 0.3) is 0 Å². The number of aromatic nitrogens is 3. The number of amides is 1. The van der Waals surface area contributed by atoms with E-state index in [-0.39, 0.29) is 23.9 Å². The van der Waals surface area contributed by atoms with Crippen molar-refractivity contribution in [1.29, 1.82) is 0 Å². The molecule has 0 bridgehead atoms. The fraction of sp³-hybridized carbons (Fsp3) is 0.333. The van der Waals surface area contributed by atoms with E-state index < -0.39 is 0 Å². The van der Waals surface area contributed by atoms with Crippen LogP contribution in [0.15, 0.2) is 34.3 Å². The molecular weight excluding hydrogens is 300 g/mol. The Balaban J connectivity index is 1.75. The molecule has 1 N–H and O–H groups in total. The maximum absolute atomic E-state index is 12.2. The van der Waals surface area contributed by atoms with Gasteiger partial charge in [-0.15, -0.1) is 0 Å². The van der Waals surface area contributed by atoms with E-state index in [4.69, 9.17) is 0 Å². The molecular formula is C15H16N4O2S. The van der Waals surface area contributed by atoms with Crippen molar-refractivity contribution in [3.63, 3.8) is 0 Å². The Hall–Kier alpha value is -2.15. The summed E-state index contributed by atoms with van der Waals surface area (Å²) in [5.41, 5.74) is 1.37. The molecule has 0 aliphatic carbocycles. The van der Waals surface area contributed by atoms with Gasteiger partial charge in [0.2, 0.25) is 5.91 Å². The summed E-state index contributed by atoms with van der Waals surface area (Å²) in [5, 5.41) is 3.46. The van der Waals surface area contributed by atoms with Gasteiger partial charge in [-0.1, -0.05) is 17.8 Å². The Kier molecular flexibility index (Phi) is 3.98. The molecule has 1 aliphatic rings. The summed E-state index contributed by atoms with van der Waals surface area (Å²) in [6.45, 7) is 3.60. The van der Waals surface area contributed by atoms with Crippen LogP contribution in [-0.2, 0) is 4.79 Å². The van der Waals surface area contributed by atoms with Gasteiger partial charge in [-0.3, -0.25) is 14.2 Å². The van der Waals surface area contributed by atoms with E-state index in [2.05, 4.69) is 15.3 Å². The standard InChI is InChI=1S/C15H16N4O2S/c1-9-7-16-15-19(14(9)21)11(8-22-15)6-13(20)18-12-5-3-4-10(2)17-12/h3-5,7,11H,6,8H2,1-2H3,(H,17,18,20). The molecule has 0 fully saturated rings. The fourth-order valence-electron chi connectivity index (χ4n) is 2.39. The van der Waals surface area contributed by atoms with Crippen LogP contribution >= 0.6 is 11.8 Å². The van der Waals surface area contributed by atoms with Gasteiger partial charge in [-0.25, -0.2) is 9.97 Å². The molecule has 2 aromatic heterocycles. The van der Waals surface area contributed by atoms with E-state index in [9.17, 15) is 9.59 Å². The number of nitrogens with zero attached hydrogens (tertiary/aromatic N) is 3. The molecule has 0 radical (unpaired) electrons. The lowest BCUT2D eigenvalue weighted by molar-refractivity contribution is -0.116. The van der Waals surface area contributed by atoms with E-state index in [1.54, 1.807) is 23.8 Å². The molecule has 0 spiro atoms. The second-order valence-electron chi connectivity index (χ2n) is 5.28. The van der Waals surface area contributed by atoms with Crippen LogP contribution in [0.4, 0.5) is 5.82 Å². The molecule has 2 aromatic rings. The molecule has 7 heteroatoms. The average Bonchev–Trinajstić information content (AvgIpc) is 2.86. The van der Waals surface area contributed by atoms with Crippen molar-refractivity contribution in [2.45, 2.75) is 31.5 Å². The summed E-state index contributed by atoms with van der Waals surface area (Å²) in [6, 6.07) is 5.30. The van der Waals surface area contributed by atoms with Crippen LogP contribution in [0, 0.1) is 13.8 Å². The summed E-state index contributed by atoms with van der Waals surface area (Å²) in [6.07, 6.45) is 1.82. The highest BCUT2D eigenvalue weighted by Crippen LogP contribution is 2.31. The molecule has 114 valence electrons. The molecule has 1 unspecified atom stereocenters. The normalized spacial score (nSPS) is 16.4. The van der Waals surface area contributed by atoms with Gasteiger partial charge >= 0.3 is 0 Å². The highest BCUT2D eigenvalue weighted by atomic mass is 32.2. The predicted octanol–water partition coefficient (Wildman–Crippen LogP) is 1.93. The first-order valence-corrected chi connectivity index (χ1v) is 7.97. The number of carbonyl (C=O) groups excluding carboxylic acids is 1. The summed E-state index contributed by atoms with van der Waals surface area (Å²) in [7, 11) is 0. The van der Waals surface area contributed by atoms with Crippen molar-refractivity contribution in [1.82, 2.24) is 14.5 Å². The molecule has 3 heterocycles. The van der Waals surface area contributed by atoms with Crippen LogP contribution in [0.1, 0.15) is 23.7 Å². The quantitative estimate of drug-likeness (QED) is 0.876. The number of hydrogen-bond donors (Lipinski definition) is 1. The van der Waals surface area contributed by atoms with Gasteiger partial charge in [0.15, 0.2) is 5.16 Å². The minimum atomic E-state index is -0.162. The van der Waals surface area contributed by atoms with Gasteiger partial charge < -0.3 is 5.32 Å². The van der Waals surface area contributed by atoms with Crippen LogP contribution in [0.3, 0.4) is 0 Å². The number of thioether (sulfide) groups is 1. The van der Waals surface area contributed by atoms with E-state index in [0.717, 1.165) is 5.69 Å². The molecule has 3 rings (SSSR count). The Morgan fingerprint density at radius 1 is 1.45 bits per heavy atom. The maximum atomic E-state index is 12.2. The number of anilines is 1. The SMILES string of the molecule is Cc1cccc(NC(=O)CC2CSc3ncc(C)c(=O)n32)n1. The molecule has 22 heavy (non-hydrogen) atoms. The third-order valence-electron chi connectivity index (χ3n) is 3.48. The van der Waals surface area contributed by atoms with E-state index in [1.807, 2.05) is 19.1 Å². The number of aryl methyl sites for hydroxylation is 2. The van der Waals surface area contributed by atoms with Gasteiger partial charge in [-0.05, 0) is 26.0 Å². The molecule has 6 nitrogen and oxygen atoms in total. The third kappa shape index (κ3) is 2.89. The zero-order chi connectivity index (χ0) is 15.7. The fourth-order valence-corrected chi connectivity index (χ4v) is 3.50. The van der Waals surface area contributed by atoms with Crippen LogP contribution < -0.4 is 10.9 Å². The van der Waals surface area contributed by atoms with Gasteiger partial charge in [0.05, 0.1) is 6.04 Å². The van der Waals surface area contributed by atoms with E-state index in [1.165, 1.54) is 11.8 Å². The lowest BCUT2D eigenvalue weighted by Crippen LogP contribution is -2.28. The highest BCUT2D eigenvalue weighted by Gasteiger charge is 2.27. The van der Waals surface area contributed by atoms with Crippen LogP contribution in [0.5, 0.6) is 0 Å². The van der Waals surface area contributed by atoms with Gasteiger partial charge in [-0.2, -0.15) is 0 Å². The molecule has 1 aliphatic heterocycles. The number of hydrogen-bond acceptors (Lipinski definition) is 5. The number of carbonyl (C=O) groups is 1. The topological polar surface area (TPSA) is 76.9 Å². The first-order chi connectivity index (χ1) is 10.5. The van der Waals surface area contributed by atoms with Gasteiger partial charge in [0, 0.05) is 29.6 Å². The molecule has 1 amide bonds. The highest BCUT2D eigenvalue weighted by molar-refractivity contribution is 7.99. The molecule has 0 saturated heterocycles. The largest absolute Gasteiger partial charge is 0.311 e. The minimum Gasteiger partial charge on any atom is -0.311 e. The molecule has 0 saturated carbocycles. The van der Waals surface area contributed by atoms with Crippen LogP contribution in [-0.4, -0.2) is 26.2 Å². The lowest BCUT2D eigenvalue weighted by Gasteiger charge is -2.13.